The van der Waals surface area contributed by atoms with Gasteiger partial charge in [0.2, 0.25) is 6.36 Å². The highest BCUT2D eigenvalue weighted by molar-refractivity contribution is 5.98. The van der Waals surface area contributed by atoms with E-state index in [0.29, 0.717) is 17.0 Å². The van der Waals surface area contributed by atoms with Crippen molar-refractivity contribution in [3.05, 3.63) is 78.0 Å². The number of ketones is 1. The van der Waals surface area contributed by atoms with Crippen molar-refractivity contribution < 1.29 is 13.9 Å². The zero-order chi connectivity index (χ0) is 22.1. The zero-order valence-electron chi connectivity index (χ0n) is 17.9. The molecule has 0 radical (unpaired) electrons. The largest absolute Gasteiger partial charge is 0.461 e. The van der Waals surface area contributed by atoms with E-state index in [2.05, 4.69) is 32.7 Å². The number of pyridine rings is 1. The molecule has 0 saturated heterocycles. The van der Waals surface area contributed by atoms with Gasteiger partial charge < -0.3 is 9.30 Å². The molecule has 1 aliphatic heterocycles. The molecule has 162 valence electrons. The molecule has 0 bridgehead atoms. The normalized spacial score (nSPS) is 14.2. The first kappa shape index (κ1) is 20.4. The van der Waals surface area contributed by atoms with Gasteiger partial charge >= 0.3 is 0 Å². The quantitative estimate of drug-likeness (QED) is 0.377. The summed E-state index contributed by atoms with van der Waals surface area (Å²) in [4.78, 5) is 21.8. The van der Waals surface area contributed by atoms with Gasteiger partial charge in [-0.2, -0.15) is 0 Å². The predicted molar refractivity (Wildman–Crippen MR) is 122 cm³/mol. The lowest BCUT2D eigenvalue weighted by Crippen LogP contribution is -2.11. The van der Waals surface area contributed by atoms with Crippen molar-refractivity contribution in [2.45, 2.75) is 45.5 Å². The molecule has 32 heavy (non-hydrogen) atoms. The minimum Gasteiger partial charge on any atom is -0.461 e. The van der Waals surface area contributed by atoms with Crippen LogP contribution in [-0.4, -0.2) is 26.7 Å². The topological polar surface area (TPSA) is 57.0 Å². The number of alkyl halides is 1. The lowest BCUT2D eigenvalue weighted by atomic mass is 10.0. The van der Waals surface area contributed by atoms with Gasteiger partial charge in [-0.25, -0.2) is 9.37 Å². The maximum Gasteiger partial charge on any atom is 0.235 e. The summed E-state index contributed by atoms with van der Waals surface area (Å²) in [6, 6.07) is 14.8. The van der Waals surface area contributed by atoms with Crippen LogP contribution in [0.3, 0.4) is 0 Å². The Morgan fingerprint density at radius 2 is 1.91 bits per heavy atom. The third-order valence-corrected chi connectivity index (χ3v) is 5.86. The molecule has 3 heterocycles. The van der Waals surface area contributed by atoms with E-state index in [1.54, 1.807) is 24.3 Å². The SMILES string of the molecule is CC(F)Oc1ccc(C(=O)Cc2cc3cc(-c4cnc5n4CCCC5)ccc3cn2)cc1. The molecule has 0 fully saturated rings. The van der Waals surface area contributed by atoms with Crippen LogP contribution < -0.4 is 4.74 Å². The van der Waals surface area contributed by atoms with Crippen molar-refractivity contribution in [2.24, 2.45) is 0 Å². The molecule has 6 heteroatoms. The van der Waals surface area contributed by atoms with Gasteiger partial charge in [0.05, 0.1) is 18.3 Å². The Balaban J connectivity index is 1.38. The number of aryl methyl sites for hydroxylation is 1. The van der Waals surface area contributed by atoms with Gasteiger partial charge in [0.15, 0.2) is 5.78 Å². The number of hydrogen-bond donors (Lipinski definition) is 0. The number of aromatic nitrogens is 3. The second kappa shape index (κ2) is 8.54. The Labute approximate surface area is 185 Å². The van der Waals surface area contributed by atoms with Crippen LogP contribution in [0, 0.1) is 0 Å². The van der Waals surface area contributed by atoms with E-state index in [9.17, 15) is 9.18 Å². The first-order valence-corrected chi connectivity index (χ1v) is 10.9. The fourth-order valence-electron chi connectivity index (χ4n) is 4.26. The number of halogens is 1. The Morgan fingerprint density at radius 1 is 1.06 bits per heavy atom. The molecule has 1 atom stereocenters. The Hall–Kier alpha value is -3.54. The summed E-state index contributed by atoms with van der Waals surface area (Å²) in [6.07, 6.45) is 5.99. The van der Waals surface area contributed by atoms with Gasteiger partial charge in [-0.05, 0) is 54.6 Å². The van der Waals surface area contributed by atoms with E-state index in [0.717, 1.165) is 40.8 Å². The van der Waals surface area contributed by atoms with E-state index in [1.807, 2.05) is 18.5 Å². The van der Waals surface area contributed by atoms with Crippen LogP contribution in [0.2, 0.25) is 0 Å². The molecule has 0 N–H and O–H groups in total. The number of Topliss-reactive ketones (excluding diaryl/α,β-unsaturated/α-hetero) is 1. The fourth-order valence-corrected chi connectivity index (χ4v) is 4.26. The molecule has 1 aliphatic rings. The number of fused-ring (bicyclic) bond motifs is 2. The summed E-state index contributed by atoms with van der Waals surface area (Å²) in [7, 11) is 0. The minimum atomic E-state index is -1.39. The second-order valence-corrected chi connectivity index (χ2v) is 8.19. The summed E-state index contributed by atoms with van der Waals surface area (Å²) >= 11 is 0. The lowest BCUT2D eigenvalue weighted by molar-refractivity contribution is 0.0860. The molecule has 5 nitrogen and oxygen atoms in total. The molecular weight excluding hydrogens is 405 g/mol. The number of nitrogens with zero attached hydrogens (tertiary/aromatic N) is 3. The smallest absolute Gasteiger partial charge is 0.235 e. The summed E-state index contributed by atoms with van der Waals surface area (Å²) < 4.78 is 20.3. The van der Waals surface area contributed by atoms with Crippen molar-refractivity contribution in [1.82, 2.24) is 14.5 Å². The number of carbonyl (C=O) groups excluding carboxylic acids is 1. The highest BCUT2D eigenvalue weighted by Gasteiger charge is 2.16. The molecule has 2 aromatic heterocycles. The molecule has 0 aliphatic carbocycles. The van der Waals surface area contributed by atoms with Crippen LogP contribution in [0.15, 0.2) is 60.9 Å². The van der Waals surface area contributed by atoms with Gasteiger partial charge in [0.25, 0.3) is 0 Å². The Morgan fingerprint density at radius 3 is 2.72 bits per heavy atom. The van der Waals surface area contributed by atoms with Crippen LogP contribution in [-0.2, 0) is 19.4 Å². The second-order valence-electron chi connectivity index (χ2n) is 8.19. The van der Waals surface area contributed by atoms with E-state index >= 15 is 0 Å². The molecule has 0 amide bonds. The van der Waals surface area contributed by atoms with Gasteiger partial charge in [-0.3, -0.25) is 9.78 Å². The lowest BCUT2D eigenvalue weighted by Gasteiger charge is -2.16. The number of carbonyl (C=O) groups is 1. The molecular formula is C26H24FN3O2. The van der Waals surface area contributed by atoms with Crippen LogP contribution in [0.1, 0.15) is 41.6 Å². The van der Waals surface area contributed by atoms with Crippen molar-refractivity contribution in [1.29, 1.82) is 0 Å². The van der Waals surface area contributed by atoms with Gasteiger partial charge in [-0.15, -0.1) is 0 Å². The van der Waals surface area contributed by atoms with E-state index in [1.165, 1.54) is 19.8 Å². The Bertz CT molecular complexity index is 1280. The van der Waals surface area contributed by atoms with Crippen molar-refractivity contribution in [3.8, 4) is 17.0 Å². The zero-order valence-corrected chi connectivity index (χ0v) is 17.9. The summed E-state index contributed by atoms with van der Waals surface area (Å²) in [5, 5.41) is 2.08. The first-order valence-electron chi connectivity index (χ1n) is 10.9. The highest BCUT2D eigenvalue weighted by Crippen LogP contribution is 2.28. The van der Waals surface area contributed by atoms with E-state index in [4.69, 9.17) is 4.74 Å². The Kier molecular flexibility index (Phi) is 5.43. The number of benzene rings is 2. The van der Waals surface area contributed by atoms with Crippen LogP contribution in [0.5, 0.6) is 5.75 Å². The summed E-state index contributed by atoms with van der Waals surface area (Å²) in [5.74, 6) is 1.51. The van der Waals surface area contributed by atoms with Crippen molar-refractivity contribution >= 4 is 16.6 Å². The monoisotopic (exact) mass is 429 g/mol. The number of imidazole rings is 1. The van der Waals surface area contributed by atoms with Crippen molar-refractivity contribution in [3.63, 3.8) is 0 Å². The molecule has 0 saturated carbocycles. The first-order chi connectivity index (χ1) is 15.6. The summed E-state index contributed by atoms with van der Waals surface area (Å²) in [5.41, 5.74) is 3.53. The van der Waals surface area contributed by atoms with Crippen LogP contribution in [0.25, 0.3) is 22.0 Å². The predicted octanol–water partition coefficient (Wildman–Crippen LogP) is 5.55. The third kappa shape index (κ3) is 4.13. The summed E-state index contributed by atoms with van der Waals surface area (Å²) in [6.45, 7) is 2.32. The molecule has 5 rings (SSSR count). The minimum absolute atomic E-state index is 0.0438. The fraction of sp³-hybridized carbons (Fsp3) is 0.269. The van der Waals surface area contributed by atoms with Gasteiger partial charge in [0, 0.05) is 48.3 Å². The number of ether oxygens (including phenoxy) is 1. The van der Waals surface area contributed by atoms with Gasteiger partial charge in [0.1, 0.15) is 11.6 Å². The molecule has 0 spiro atoms. The maximum atomic E-state index is 13.0. The standard InChI is InChI=1S/C26H24FN3O2/c1-17(27)32-23-9-7-18(8-10-23)25(31)14-22-13-21-12-19(5-6-20(21)15-28-22)24-16-29-26-4-2-3-11-30(24)26/h5-10,12-13,15-17H,2-4,11,14H2,1H3. The molecule has 2 aromatic carbocycles. The number of rotatable bonds is 6. The third-order valence-electron chi connectivity index (χ3n) is 5.86. The highest BCUT2D eigenvalue weighted by atomic mass is 19.1. The maximum absolute atomic E-state index is 13.0. The molecule has 4 aromatic rings. The average molecular weight is 429 g/mol. The van der Waals surface area contributed by atoms with Crippen LogP contribution >= 0.6 is 0 Å². The average Bonchev–Trinajstić information content (AvgIpc) is 3.23. The van der Waals surface area contributed by atoms with E-state index in [-0.39, 0.29) is 12.2 Å². The molecule has 1 unspecified atom stereocenters. The van der Waals surface area contributed by atoms with Crippen molar-refractivity contribution in [2.75, 3.05) is 0 Å². The van der Waals surface area contributed by atoms with Gasteiger partial charge in [-0.1, -0.05) is 12.1 Å². The number of hydrogen-bond acceptors (Lipinski definition) is 4. The van der Waals surface area contributed by atoms with E-state index < -0.39 is 6.36 Å². The van der Waals surface area contributed by atoms with Crippen LogP contribution in [0.4, 0.5) is 4.39 Å².